The molecule has 1 aromatic rings. The average Bonchev–Trinajstić information content (AvgIpc) is 2.99. The summed E-state index contributed by atoms with van der Waals surface area (Å²) in [6.45, 7) is 5.99. The van der Waals surface area contributed by atoms with E-state index in [1.807, 2.05) is 6.20 Å². The number of hydrogen-bond donors (Lipinski definition) is 1. The van der Waals surface area contributed by atoms with Crippen LogP contribution in [0, 0.1) is 0 Å². The minimum Gasteiger partial charge on any atom is -0.307 e. The molecule has 2 unspecified atom stereocenters. The molecule has 0 amide bonds. The molecule has 104 valence electrons. The zero-order valence-electron chi connectivity index (χ0n) is 11.9. The molecule has 1 fully saturated rings. The quantitative estimate of drug-likeness (QED) is 0.900. The normalized spacial score (nSPS) is 25.2. The van der Waals surface area contributed by atoms with Crippen molar-refractivity contribution >= 4 is 0 Å². The summed E-state index contributed by atoms with van der Waals surface area (Å²) in [5.41, 5.74) is 2.74. The van der Waals surface area contributed by atoms with E-state index in [-0.39, 0.29) is 0 Å². The van der Waals surface area contributed by atoms with E-state index >= 15 is 0 Å². The lowest BCUT2D eigenvalue weighted by Crippen LogP contribution is -2.40. The van der Waals surface area contributed by atoms with Gasteiger partial charge in [-0.2, -0.15) is 0 Å². The molecule has 1 aliphatic carbocycles. The zero-order chi connectivity index (χ0) is 13.1. The minimum absolute atomic E-state index is 0.468. The van der Waals surface area contributed by atoms with Crippen molar-refractivity contribution < 1.29 is 0 Å². The Labute approximate surface area is 116 Å². The Morgan fingerprint density at radius 1 is 1.37 bits per heavy atom. The maximum Gasteiger partial charge on any atom is 0.0605 e. The van der Waals surface area contributed by atoms with Gasteiger partial charge in [-0.25, -0.2) is 0 Å². The molecule has 1 saturated heterocycles. The summed E-state index contributed by atoms with van der Waals surface area (Å²) in [7, 11) is 0. The highest BCUT2D eigenvalue weighted by atomic mass is 15.2. The van der Waals surface area contributed by atoms with Crippen molar-refractivity contribution in [3.8, 4) is 0 Å². The van der Waals surface area contributed by atoms with Crippen LogP contribution < -0.4 is 5.32 Å². The van der Waals surface area contributed by atoms with E-state index in [1.54, 1.807) is 0 Å². The molecular formula is C16H25N3. The Morgan fingerprint density at radius 3 is 3.05 bits per heavy atom. The highest BCUT2D eigenvalue weighted by molar-refractivity contribution is 5.25. The minimum atomic E-state index is 0.468. The summed E-state index contributed by atoms with van der Waals surface area (Å²) in [6.07, 6.45) is 8.40. The van der Waals surface area contributed by atoms with E-state index in [1.165, 1.54) is 56.5 Å². The lowest BCUT2D eigenvalue weighted by atomic mass is 9.92. The van der Waals surface area contributed by atoms with Crippen molar-refractivity contribution in [2.45, 2.75) is 51.1 Å². The van der Waals surface area contributed by atoms with E-state index in [0.29, 0.717) is 12.1 Å². The largest absolute Gasteiger partial charge is 0.307 e. The third kappa shape index (κ3) is 2.98. The SMILES string of the molecule is CC(CNC1CCCc2cccnc21)N1CCCC1. The van der Waals surface area contributed by atoms with Crippen LogP contribution in [0.2, 0.25) is 0 Å². The van der Waals surface area contributed by atoms with Gasteiger partial charge in [-0.15, -0.1) is 0 Å². The molecule has 2 atom stereocenters. The first-order valence-corrected chi connectivity index (χ1v) is 7.76. The lowest BCUT2D eigenvalue weighted by Gasteiger charge is -2.29. The fourth-order valence-electron chi connectivity index (χ4n) is 3.43. The van der Waals surface area contributed by atoms with Crippen LogP contribution in [0.3, 0.4) is 0 Å². The summed E-state index contributed by atoms with van der Waals surface area (Å²) in [5.74, 6) is 0. The van der Waals surface area contributed by atoms with Crippen molar-refractivity contribution in [3.63, 3.8) is 0 Å². The number of aryl methyl sites for hydroxylation is 1. The maximum atomic E-state index is 4.60. The Balaban J connectivity index is 1.58. The van der Waals surface area contributed by atoms with Gasteiger partial charge in [-0.1, -0.05) is 6.07 Å². The molecule has 2 aliphatic rings. The van der Waals surface area contributed by atoms with E-state index < -0.39 is 0 Å². The highest BCUT2D eigenvalue weighted by Gasteiger charge is 2.23. The van der Waals surface area contributed by atoms with Gasteiger partial charge < -0.3 is 5.32 Å². The Kier molecular flexibility index (Phi) is 4.14. The van der Waals surface area contributed by atoms with Gasteiger partial charge in [0, 0.05) is 24.8 Å². The Hall–Kier alpha value is -0.930. The van der Waals surface area contributed by atoms with Crippen LogP contribution >= 0.6 is 0 Å². The van der Waals surface area contributed by atoms with Gasteiger partial charge >= 0.3 is 0 Å². The molecule has 3 nitrogen and oxygen atoms in total. The highest BCUT2D eigenvalue weighted by Crippen LogP contribution is 2.27. The van der Waals surface area contributed by atoms with E-state index in [4.69, 9.17) is 0 Å². The molecule has 3 rings (SSSR count). The van der Waals surface area contributed by atoms with Gasteiger partial charge in [0.25, 0.3) is 0 Å². The fraction of sp³-hybridized carbons (Fsp3) is 0.688. The fourth-order valence-corrected chi connectivity index (χ4v) is 3.43. The number of pyridine rings is 1. The second-order valence-corrected chi connectivity index (χ2v) is 5.99. The molecule has 3 heteroatoms. The van der Waals surface area contributed by atoms with Gasteiger partial charge in [-0.05, 0) is 63.7 Å². The molecule has 0 bridgehead atoms. The zero-order valence-corrected chi connectivity index (χ0v) is 11.9. The van der Waals surface area contributed by atoms with Crippen molar-refractivity contribution in [3.05, 3.63) is 29.6 Å². The van der Waals surface area contributed by atoms with Crippen LogP contribution in [-0.2, 0) is 6.42 Å². The first kappa shape index (κ1) is 13.1. The predicted octanol–water partition coefficient (Wildman–Crippen LogP) is 2.53. The van der Waals surface area contributed by atoms with Crippen LogP contribution in [0.5, 0.6) is 0 Å². The summed E-state index contributed by atoms with van der Waals surface area (Å²) in [4.78, 5) is 7.21. The monoisotopic (exact) mass is 259 g/mol. The molecule has 0 radical (unpaired) electrons. The van der Waals surface area contributed by atoms with Crippen molar-refractivity contribution in [1.82, 2.24) is 15.2 Å². The molecule has 1 N–H and O–H groups in total. The van der Waals surface area contributed by atoms with Crippen LogP contribution in [0.1, 0.15) is 49.9 Å². The number of rotatable bonds is 4. The summed E-state index contributed by atoms with van der Waals surface area (Å²) >= 11 is 0. The molecular weight excluding hydrogens is 234 g/mol. The molecule has 0 aromatic carbocycles. The second-order valence-electron chi connectivity index (χ2n) is 5.99. The van der Waals surface area contributed by atoms with Crippen molar-refractivity contribution in [1.29, 1.82) is 0 Å². The number of aromatic nitrogens is 1. The molecule has 1 aromatic heterocycles. The summed E-state index contributed by atoms with van der Waals surface area (Å²) < 4.78 is 0. The predicted molar refractivity (Wildman–Crippen MR) is 78.2 cm³/mol. The van der Waals surface area contributed by atoms with Crippen molar-refractivity contribution in [2.24, 2.45) is 0 Å². The molecule has 0 spiro atoms. The summed E-state index contributed by atoms with van der Waals surface area (Å²) in [5, 5.41) is 3.75. The number of nitrogens with zero attached hydrogens (tertiary/aromatic N) is 2. The van der Waals surface area contributed by atoms with E-state index in [9.17, 15) is 0 Å². The van der Waals surface area contributed by atoms with E-state index in [0.717, 1.165) is 6.54 Å². The second kappa shape index (κ2) is 6.02. The third-order valence-electron chi connectivity index (χ3n) is 4.62. The van der Waals surface area contributed by atoms with Gasteiger partial charge in [0.05, 0.1) is 5.69 Å². The Morgan fingerprint density at radius 2 is 2.21 bits per heavy atom. The number of hydrogen-bond acceptors (Lipinski definition) is 3. The van der Waals surface area contributed by atoms with Crippen LogP contribution in [0.15, 0.2) is 18.3 Å². The van der Waals surface area contributed by atoms with Gasteiger partial charge in [-0.3, -0.25) is 9.88 Å². The van der Waals surface area contributed by atoms with Gasteiger partial charge in [0.1, 0.15) is 0 Å². The topological polar surface area (TPSA) is 28.2 Å². The third-order valence-corrected chi connectivity index (χ3v) is 4.62. The molecule has 1 aliphatic heterocycles. The Bertz CT molecular complexity index is 412. The maximum absolute atomic E-state index is 4.60. The first-order valence-electron chi connectivity index (χ1n) is 7.76. The van der Waals surface area contributed by atoms with Crippen LogP contribution in [-0.4, -0.2) is 35.6 Å². The summed E-state index contributed by atoms with van der Waals surface area (Å²) in [6, 6.07) is 5.42. The number of likely N-dealkylation sites (tertiary alicyclic amines) is 1. The molecule has 2 heterocycles. The van der Waals surface area contributed by atoms with Gasteiger partial charge in [0.15, 0.2) is 0 Å². The average molecular weight is 259 g/mol. The molecule has 0 saturated carbocycles. The molecule has 19 heavy (non-hydrogen) atoms. The van der Waals surface area contributed by atoms with Crippen LogP contribution in [0.25, 0.3) is 0 Å². The van der Waals surface area contributed by atoms with Gasteiger partial charge in [0.2, 0.25) is 0 Å². The van der Waals surface area contributed by atoms with Crippen molar-refractivity contribution in [2.75, 3.05) is 19.6 Å². The van der Waals surface area contributed by atoms with Crippen LogP contribution in [0.4, 0.5) is 0 Å². The first-order chi connectivity index (χ1) is 9.34. The van der Waals surface area contributed by atoms with E-state index in [2.05, 4.69) is 34.3 Å². The number of fused-ring (bicyclic) bond motifs is 1. The lowest BCUT2D eigenvalue weighted by molar-refractivity contribution is 0.242. The number of nitrogens with one attached hydrogen (secondary N) is 1. The smallest absolute Gasteiger partial charge is 0.0605 e. The standard InChI is InChI=1S/C16H25N3/c1-13(19-10-2-3-11-19)12-18-15-8-4-6-14-7-5-9-17-16(14)15/h5,7,9,13,15,18H,2-4,6,8,10-12H2,1H3.